The summed E-state index contributed by atoms with van der Waals surface area (Å²) < 4.78 is 37.4. The van der Waals surface area contributed by atoms with Crippen molar-refractivity contribution in [1.29, 1.82) is 0 Å². The molecule has 0 aliphatic heterocycles. The summed E-state index contributed by atoms with van der Waals surface area (Å²) in [6, 6.07) is 6.47. The predicted octanol–water partition coefficient (Wildman–Crippen LogP) is 4.14. The maximum Gasteiger partial charge on any atom is 0.416 e. The van der Waals surface area contributed by atoms with Gasteiger partial charge in [-0.25, -0.2) is 0 Å². The van der Waals surface area contributed by atoms with Crippen LogP contribution in [0.25, 0.3) is 0 Å². The predicted molar refractivity (Wildman–Crippen MR) is 73.2 cm³/mol. The summed E-state index contributed by atoms with van der Waals surface area (Å²) in [6.45, 7) is 3.67. The Bertz CT molecular complexity index is 660. The third kappa shape index (κ3) is 3.68. The maximum absolute atomic E-state index is 12.5. The number of Topliss-reactive ketones (excluding diaryl/α,β-unsaturated/α-hetero) is 1. The minimum atomic E-state index is -4.36. The van der Waals surface area contributed by atoms with Gasteiger partial charge in [-0.2, -0.15) is 13.2 Å². The molecule has 0 fully saturated rings. The number of alkyl halides is 3. The molecule has 2 rings (SSSR count). The molecule has 0 N–H and O–H groups in total. The lowest BCUT2D eigenvalue weighted by Crippen LogP contribution is -2.09. The van der Waals surface area contributed by atoms with Crippen LogP contribution in [-0.2, 0) is 12.6 Å². The highest BCUT2D eigenvalue weighted by atomic mass is 19.4. The Morgan fingerprint density at radius 1 is 1.14 bits per heavy atom. The van der Waals surface area contributed by atoms with E-state index in [1.807, 2.05) is 13.0 Å². The number of halogens is 3. The molecular formula is C16H14F3NO. The van der Waals surface area contributed by atoms with Crippen LogP contribution in [0.3, 0.4) is 0 Å². The largest absolute Gasteiger partial charge is 0.416 e. The number of rotatable bonds is 3. The molecule has 0 spiro atoms. The second kappa shape index (κ2) is 5.68. The smallest absolute Gasteiger partial charge is 0.292 e. The van der Waals surface area contributed by atoms with Crippen LogP contribution >= 0.6 is 0 Å². The van der Waals surface area contributed by atoms with Crippen LogP contribution in [0.15, 0.2) is 36.5 Å². The Hall–Kier alpha value is -2.17. The van der Waals surface area contributed by atoms with E-state index in [1.54, 1.807) is 13.1 Å². The molecule has 0 aliphatic rings. The van der Waals surface area contributed by atoms with Gasteiger partial charge in [-0.15, -0.1) is 0 Å². The number of aryl methyl sites for hydroxylation is 2. The number of ketones is 1. The molecule has 5 heteroatoms. The van der Waals surface area contributed by atoms with Crippen LogP contribution in [0.1, 0.15) is 32.7 Å². The van der Waals surface area contributed by atoms with E-state index >= 15 is 0 Å². The summed E-state index contributed by atoms with van der Waals surface area (Å²) in [4.78, 5) is 16.2. The lowest BCUT2D eigenvalue weighted by atomic mass is 10.0. The van der Waals surface area contributed by atoms with E-state index in [1.165, 1.54) is 12.1 Å². The van der Waals surface area contributed by atoms with Crippen LogP contribution in [0.5, 0.6) is 0 Å². The van der Waals surface area contributed by atoms with Gasteiger partial charge in [-0.05, 0) is 42.7 Å². The fraction of sp³-hybridized carbons (Fsp3) is 0.250. The van der Waals surface area contributed by atoms with Crippen molar-refractivity contribution in [3.8, 4) is 0 Å². The van der Waals surface area contributed by atoms with Gasteiger partial charge in [-0.3, -0.25) is 9.78 Å². The lowest BCUT2D eigenvalue weighted by molar-refractivity contribution is -0.137. The number of aromatic nitrogens is 1. The molecule has 1 aromatic carbocycles. The van der Waals surface area contributed by atoms with Crippen LogP contribution < -0.4 is 0 Å². The van der Waals surface area contributed by atoms with E-state index in [0.717, 1.165) is 23.3 Å². The summed E-state index contributed by atoms with van der Waals surface area (Å²) in [5.74, 6) is -0.202. The van der Waals surface area contributed by atoms with Gasteiger partial charge < -0.3 is 0 Å². The fourth-order valence-electron chi connectivity index (χ4n) is 2.09. The van der Waals surface area contributed by atoms with Gasteiger partial charge in [0, 0.05) is 12.6 Å². The van der Waals surface area contributed by atoms with Gasteiger partial charge in [0.05, 0.1) is 5.56 Å². The molecule has 0 radical (unpaired) electrons. The molecule has 21 heavy (non-hydrogen) atoms. The summed E-state index contributed by atoms with van der Waals surface area (Å²) in [5.41, 5.74) is 1.91. The second-order valence-electron chi connectivity index (χ2n) is 4.97. The van der Waals surface area contributed by atoms with Gasteiger partial charge >= 0.3 is 6.18 Å². The van der Waals surface area contributed by atoms with E-state index in [-0.39, 0.29) is 12.2 Å². The van der Waals surface area contributed by atoms with Crippen molar-refractivity contribution in [3.05, 3.63) is 64.5 Å². The van der Waals surface area contributed by atoms with E-state index in [2.05, 4.69) is 4.98 Å². The Balaban J connectivity index is 2.16. The zero-order valence-corrected chi connectivity index (χ0v) is 11.7. The quantitative estimate of drug-likeness (QED) is 0.796. The van der Waals surface area contributed by atoms with Crippen molar-refractivity contribution >= 4 is 5.78 Å². The Morgan fingerprint density at radius 3 is 2.29 bits per heavy atom. The highest BCUT2D eigenvalue weighted by Gasteiger charge is 2.30. The molecule has 0 saturated carbocycles. The molecule has 0 unspecified atom stereocenters. The SMILES string of the molecule is Cc1cnc(C(=O)Cc2ccc(C(F)(F)F)cc2)c(C)c1. The first-order valence-corrected chi connectivity index (χ1v) is 6.40. The molecule has 1 aromatic heterocycles. The molecule has 110 valence electrons. The monoisotopic (exact) mass is 293 g/mol. The summed E-state index contributed by atoms with van der Waals surface area (Å²) in [7, 11) is 0. The summed E-state index contributed by atoms with van der Waals surface area (Å²) in [5, 5.41) is 0. The third-order valence-corrected chi connectivity index (χ3v) is 3.13. The fourth-order valence-corrected chi connectivity index (χ4v) is 2.09. The van der Waals surface area contributed by atoms with E-state index in [0.29, 0.717) is 11.3 Å². The zero-order chi connectivity index (χ0) is 15.6. The van der Waals surface area contributed by atoms with Crippen molar-refractivity contribution in [3.63, 3.8) is 0 Å². The average Bonchev–Trinajstić information content (AvgIpc) is 2.38. The average molecular weight is 293 g/mol. The van der Waals surface area contributed by atoms with Gasteiger partial charge in [0.1, 0.15) is 5.69 Å². The van der Waals surface area contributed by atoms with Crippen molar-refractivity contribution < 1.29 is 18.0 Å². The Morgan fingerprint density at radius 2 is 1.76 bits per heavy atom. The van der Waals surface area contributed by atoms with E-state index in [9.17, 15) is 18.0 Å². The summed E-state index contributed by atoms with van der Waals surface area (Å²) >= 11 is 0. The molecule has 2 aromatic rings. The van der Waals surface area contributed by atoms with Gasteiger partial charge in [0.15, 0.2) is 5.78 Å². The van der Waals surface area contributed by atoms with E-state index in [4.69, 9.17) is 0 Å². The minimum absolute atomic E-state index is 0.0367. The Labute approximate surface area is 120 Å². The molecule has 1 heterocycles. The molecule has 0 amide bonds. The van der Waals surface area contributed by atoms with Crippen molar-refractivity contribution in [2.75, 3.05) is 0 Å². The van der Waals surface area contributed by atoms with Crippen LogP contribution in [-0.4, -0.2) is 10.8 Å². The standard InChI is InChI=1S/C16H14F3NO/c1-10-7-11(2)15(20-9-10)14(21)8-12-3-5-13(6-4-12)16(17,18)19/h3-7,9H,8H2,1-2H3. The topological polar surface area (TPSA) is 30.0 Å². The molecule has 0 bridgehead atoms. The minimum Gasteiger partial charge on any atom is -0.292 e. The molecule has 0 aliphatic carbocycles. The van der Waals surface area contributed by atoms with Gasteiger partial charge in [0.2, 0.25) is 0 Å². The first-order chi connectivity index (χ1) is 9.77. The van der Waals surface area contributed by atoms with Crippen LogP contribution in [0.2, 0.25) is 0 Å². The normalized spacial score (nSPS) is 11.5. The number of hydrogen-bond acceptors (Lipinski definition) is 2. The number of hydrogen-bond donors (Lipinski definition) is 0. The molecule has 0 atom stereocenters. The van der Waals surface area contributed by atoms with Crippen LogP contribution in [0, 0.1) is 13.8 Å². The number of carbonyl (C=O) groups excluding carboxylic acids is 1. The zero-order valence-electron chi connectivity index (χ0n) is 11.7. The lowest BCUT2D eigenvalue weighted by Gasteiger charge is -2.08. The Kier molecular flexibility index (Phi) is 4.11. The van der Waals surface area contributed by atoms with Crippen molar-refractivity contribution in [2.24, 2.45) is 0 Å². The van der Waals surface area contributed by atoms with Crippen LogP contribution in [0.4, 0.5) is 13.2 Å². The second-order valence-corrected chi connectivity index (χ2v) is 4.97. The molecular weight excluding hydrogens is 279 g/mol. The first-order valence-electron chi connectivity index (χ1n) is 6.40. The van der Waals surface area contributed by atoms with Gasteiger partial charge in [0.25, 0.3) is 0 Å². The number of benzene rings is 1. The number of pyridine rings is 1. The molecule has 0 saturated heterocycles. The van der Waals surface area contributed by atoms with Crippen molar-refractivity contribution in [2.45, 2.75) is 26.4 Å². The third-order valence-electron chi connectivity index (χ3n) is 3.13. The first kappa shape index (κ1) is 15.2. The molecule has 2 nitrogen and oxygen atoms in total. The number of carbonyl (C=O) groups is 1. The highest BCUT2D eigenvalue weighted by Crippen LogP contribution is 2.29. The summed E-state index contributed by atoms with van der Waals surface area (Å²) in [6.07, 6.45) is -2.72. The van der Waals surface area contributed by atoms with Crippen molar-refractivity contribution in [1.82, 2.24) is 4.98 Å². The van der Waals surface area contributed by atoms with E-state index < -0.39 is 11.7 Å². The van der Waals surface area contributed by atoms with Gasteiger partial charge in [-0.1, -0.05) is 18.2 Å². The maximum atomic E-state index is 12.5. The number of nitrogens with zero attached hydrogens (tertiary/aromatic N) is 1. The highest BCUT2D eigenvalue weighted by molar-refractivity contribution is 5.97.